The fourth-order valence-electron chi connectivity index (χ4n) is 7.76. The van der Waals surface area contributed by atoms with Gasteiger partial charge in [-0.05, 0) is 111 Å². The van der Waals surface area contributed by atoms with E-state index in [9.17, 15) is 0 Å². The second-order valence-electron chi connectivity index (χ2n) is 15.2. The molecule has 9 aromatic rings. The first kappa shape index (κ1) is 32.5. The fraction of sp³-hybridized carbons (Fsp3) is 0.0980. The van der Waals surface area contributed by atoms with Crippen LogP contribution in [0.5, 0.6) is 0 Å². The van der Waals surface area contributed by atoms with Crippen molar-refractivity contribution in [2.24, 2.45) is 0 Å². The lowest BCUT2D eigenvalue weighted by molar-refractivity contribution is 0.590. The van der Waals surface area contributed by atoms with E-state index in [4.69, 9.17) is 0 Å². The lowest BCUT2D eigenvalue weighted by atomic mass is 9.87. The quantitative estimate of drug-likeness (QED) is 0.165. The molecule has 0 aliphatic carbocycles. The fourth-order valence-corrected chi connectivity index (χ4v) is 7.76. The second-order valence-corrected chi connectivity index (χ2v) is 15.2. The average molecular weight is 683 g/mol. The van der Waals surface area contributed by atoms with Crippen molar-refractivity contribution in [2.45, 2.75) is 33.1 Å². The van der Waals surface area contributed by atoms with E-state index >= 15 is 0 Å². The third kappa shape index (κ3) is 5.97. The van der Waals surface area contributed by atoms with Gasteiger partial charge in [-0.25, -0.2) is 0 Å². The molecule has 0 saturated carbocycles. The Labute approximate surface area is 312 Å². The van der Waals surface area contributed by atoms with E-state index in [0.717, 1.165) is 11.4 Å². The molecule has 0 bridgehead atoms. The molecular formula is C51H42N2. The first-order valence-electron chi connectivity index (χ1n) is 18.5. The zero-order chi connectivity index (χ0) is 36.1. The molecule has 0 amide bonds. The van der Waals surface area contributed by atoms with Gasteiger partial charge in [0.15, 0.2) is 0 Å². The summed E-state index contributed by atoms with van der Waals surface area (Å²) in [5.74, 6) is 0. The summed E-state index contributed by atoms with van der Waals surface area (Å²) in [6.45, 7) is 9.00. The molecule has 53 heavy (non-hydrogen) atoms. The zero-order valence-electron chi connectivity index (χ0n) is 30.7. The maximum absolute atomic E-state index is 2.42. The molecule has 2 heterocycles. The lowest BCUT2D eigenvalue weighted by Crippen LogP contribution is -2.10. The van der Waals surface area contributed by atoms with E-state index in [1.165, 1.54) is 77.7 Å². The molecule has 0 aliphatic rings. The molecule has 0 spiro atoms. The molecule has 2 aromatic heterocycles. The van der Waals surface area contributed by atoms with Gasteiger partial charge in [0.05, 0.1) is 22.4 Å². The molecule has 9 rings (SSSR count). The van der Waals surface area contributed by atoms with Crippen LogP contribution >= 0.6 is 0 Å². The second kappa shape index (κ2) is 13.0. The van der Waals surface area contributed by atoms with Gasteiger partial charge in [0.2, 0.25) is 0 Å². The van der Waals surface area contributed by atoms with Gasteiger partial charge in [-0.1, -0.05) is 148 Å². The summed E-state index contributed by atoms with van der Waals surface area (Å²) in [5, 5.41) is 2.43. The molecule has 0 aliphatic heterocycles. The number of nitrogens with zero attached hydrogens (tertiary/aromatic N) is 2. The maximum Gasteiger partial charge on any atom is 0.0541 e. The van der Waals surface area contributed by atoms with Crippen LogP contribution in [-0.4, -0.2) is 9.13 Å². The molecular weight excluding hydrogens is 641 g/mol. The van der Waals surface area contributed by atoms with Gasteiger partial charge in [0, 0.05) is 22.1 Å². The molecule has 0 atom stereocenters. The summed E-state index contributed by atoms with van der Waals surface area (Å²) >= 11 is 0. The summed E-state index contributed by atoms with van der Waals surface area (Å²) < 4.78 is 4.84. The van der Waals surface area contributed by atoms with Crippen molar-refractivity contribution >= 4 is 21.8 Å². The van der Waals surface area contributed by atoms with Crippen molar-refractivity contribution in [1.29, 1.82) is 0 Å². The number of fused-ring (bicyclic) bond motifs is 2. The summed E-state index contributed by atoms with van der Waals surface area (Å²) in [6, 6.07) is 66.6. The number of rotatable bonds is 6. The van der Waals surface area contributed by atoms with Crippen molar-refractivity contribution in [3.63, 3.8) is 0 Å². The number of benzene rings is 7. The number of aryl methyl sites for hydroxylation is 1. The molecule has 0 fully saturated rings. The van der Waals surface area contributed by atoms with Crippen molar-refractivity contribution in [1.82, 2.24) is 9.13 Å². The van der Waals surface area contributed by atoms with Gasteiger partial charge in [0.1, 0.15) is 0 Å². The minimum Gasteiger partial charge on any atom is -0.309 e. The number of hydrogen-bond acceptors (Lipinski definition) is 0. The molecule has 256 valence electrons. The third-order valence-electron chi connectivity index (χ3n) is 10.6. The summed E-state index contributed by atoms with van der Waals surface area (Å²) in [7, 11) is 0. The van der Waals surface area contributed by atoms with Crippen molar-refractivity contribution < 1.29 is 0 Å². The van der Waals surface area contributed by atoms with Crippen LogP contribution < -0.4 is 0 Å². The van der Waals surface area contributed by atoms with Crippen LogP contribution in [0, 0.1) is 6.92 Å². The van der Waals surface area contributed by atoms with Gasteiger partial charge in [-0.2, -0.15) is 0 Å². The Morgan fingerprint density at radius 1 is 0.377 bits per heavy atom. The van der Waals surface area contributed by atoms with Gasteiger partial charge in [-0.15, -0.1) is 0 Å². The number of aromatic nitrogens is 2. The molecule has 2 nitrogen and oxygen atoms in total. The molecule has 0 unspecified atom stereocenters. The maximum atomic E-state index is 2.42. The summed E-state index contributed by atoms with van der Waals surface area (Å²) in [5.41, 5.74) is 17.0. The Morgan fingerprint density at radius 3 is 1.53 bits per heavy atom. The highest BCUT2D eigenvalue weighted by Gasteiger charge is 2.18. The van der Waals surface area contributed by atoms with E-state index in [1.54, 1.807) is 0 Å². The summed E-state index contributed by atoms with van der Waals surface area (Å²) in [6.07, 6.45) is 0. The SMILES string of the molecule is Cc1ccc(-n2c(-c3ccccc3)cc3cc(-c4ccc5cc(-c6ccccc6)n(-c6ccc(C(C)(C)C)cc6)c5c4)ccc32)cc1-c1ccccc1. The minimum atomic E-state index is 0.0916. The van der Waals surface area contributed by atoms with E-state index in [2.05, 4.69) is 219 Å². The standard InChI is InChI=1S/C51H42N2/c1-35-20-26-45(34-46(35)36-14-8-5-9-15-36)53-47-29-23-39(30-42(47)33-49(53)38-18-12-7-13-19-38)40-21-22-41-32-48(37-16-10-6-11-17-37)52(50(41)31-40)44-27-24-43(25-28-44)51(2,3)4/h5-34H,1-4H3. The third-order valence-corrected chi connectivity index (χ3v) is 10.6. The lowest BCUT2D eigenvalue weighted by Gasteiger charge is -2.20. The van der Waals surface area contributed by atoms with Crippen LogP contribution in [0.1, 0.15) is 31.9 Å². The van der Waals surface area contributed by atoms with Crippen LogP contribution in [0.4, 0.5) is 0 Å². The van der Waals surface area contributed by atoms with Crippen LogP contribution in [0.25, 0.3) is 77.9 Å². The van der Waals surface area contributed by atoms with Gasteiger partial charge in [0.25, 0.3) is 0 Å². The van der Waals surface area contributed by atoms with Crippen LogP contribution in [0.2, 0.25) is 0 Å². The smallest absolute Gasteiger partial charge is 0.0541 e. The topological polar surface area (TPSA) is 9.86 Å². The molecule has 7 aromatic carbocycles. The zero-order valence-corrected chi connectivity index (χ0v) is 30.7. The predicted molar refractivity (Wildman–Crippen MR) is 225 cm³/mol. The van der Waals surface area contributed by atoms with Gasteiger partial charge in [-0.3, -0.25) is 0 Å². The van der Waals surface area contributed by atoms with Gasteiger partial charge >= 0.3 is 0 Å². The van der Waals surface area contributed by atoms with Crippen LogP contribution in [0.15, 0.2) is 182 Å². The number of hydrogen-bond donors (Lipinski definition) is 0. The Bertz CT molecular complexity index is 2720. The van der Waals surface area contributed by atoms with Crippen molar-refractivity contribution in [2.75, 3.05) is 0 Å². The average Bonchev–Trinajstić information content (AvgIpc) is 3.77. The molecule has 0 saturated heterocycles. The highest BCUT2D eigenvalue weighted by Crippen LogP contribution is 2.38. The highest BCUT2D eigenvalue weighted by atomic mass is 15.0. The Kier molecular flexibility index (Phi) is 7.97. The monoisotopic (exact) mass is 682 g/mol. The molecule has 0 N–H and O–H groups in total. The van der Waals surface area contributed by atoms with Crippen molar-refractivity contribution in [3.05, 3.63) is 193 Å². The summed E-state index contributed by atoms with van der Waals surface area (Å²) in [4.78, 5) is 0. The first-order valence-corrected chi connectivity index (χ1v) is 18.5. The molecule has 0 radical (unpaired) electrons. The minimum absolute atomic E-state index is 0.0916. The Balaban J connectivity index is 1.20. The largest absolute Gasteiger partial charge is 0.309 e. The van der Waals surface area contributed by atoms with E-state index in [0.29, 0.717) is 0 Å². The van der Waals surface area contributed by atoms with Crippen LogP contribution in [0.3, 0.4) is 0 Å². The Hall–Kier alpha value is -6.38. The van der Waals surface area contributed by atoms with Crippen LogP contribution in [-0.2, 0) is 5.41 Å². The van der Waals surface area contributed by atoms with E-state index in [-0.39, 0.29) is 5.41 Å². The van der Waals surface area contributed by atoms with E-state index < -0.39 is 0 Å². The highest BCUT2D eigenvalue weighted by molar-refractivity contribution is 5.96. The van der Waals surface area contributed by atoms with E-state index in [1.807, 2.05) is 0 Å². The predicted octanol–water partition coefficient (Wildman–Crippen LogP) is 13.8. The van der Waals surface area contributed by atoms with Crippen molar-refractivity contribution in [3.8, 4) is 56.1 Å². The Morgan fingerprint density at radius 2 is 0.906 bits per heavy atom. The normalized spacial score (nSPS) is 11.8. The molecule has 2 heteroatoms. The first-order chi connectivity index (χ1) is 25.8. The van der Waals surface area contributed by atoms with Gasteiger partial charge < -0.3 is 9.13 Å².